The molecule has 0 saturated heterocycles. The lowest BCUT2D eigenvalue weighted by Crippen LogP contribution is -2.23. The molecular weight excluding hydrogens is 1560 g/mol. The fourth-order valence-electron chi connectivity index (χ4n) is 12.0. The van der Waals surface area contributed by atoms with Crippen molar-refractivity contribution in [2.45, 2.75) is 554 Å². The molecule has 0 spiro atoms. The predicted octanol–water partition coefficient (Wildman–Crippen LogP) is 37.6. The molecule has 0 heterocycles. The minimum atomic E-state index is 0. The first-order valence-corrected chi connectivity index (χ1v) is 56.4. The highest BCUT2D eigenvalue weighted by Gasteiger charge is 2.19. The largest absolute Gasteiger partial charge is 0.382 e. The molecule has 0 radical (unpaired) electrons. The number of nitrogens with zero attached hydrogens (tertiary/aromatic N) is 1. The van der Waals surface area contributed by atoms with Gasteiger partial charge < -0.3 is 34.3 Å². The maximum Gasteiger partial charge on any atom is 0.219 e. The van der Waals surface area contributed by atoms with Crippen molar-refractivity contribution in [1.82, 2.24) is 10.6 Å². The van der Waals surface area contributed by atoms with E-state index in [2.05, 4.69) is 204 Å². The smallest absolute Gasteiger partial charge is 0.219 e. The van der Waals surface area contributed by atoms with Crippen molar-refractivity contribution in [3.05, 3.63) is 35.4 Å². The van der Waals surface area contributed by atoms with E-state index in [1.807, 2.05) is 59.5 Å². The van der Waals surface area contributed by atoms with E-state index in [4.69, 9.17) is 23.7 Å². The molecule has 2 rings (SSSR count). The second-order valence-corrected chi connectivity index (χ2v) is 35.2. The summed E-state index contributed by atoms with van der Waals surface area (Å²) in [5.41, 5.74) is 2.94. The van der Waals surface area contributed by atoms with Gasteiger partial charge in [0.15, 0.2) is 0 Å². The van der Waals surface area contributed by atoms with Gasteiger partial charge in [-0.2, -0.15) is 23.5 Å². The second-order valence-electron chi connectivity index (χ2n) is 32.4. The lowest BCUT2D eigenvalue weighted by atomic mass is 9.78. The number of unbranched alkanes of at least 4 members (excludes halogenated alkanes) is 26. The van der Waals surface area contributed by atoms with Gasteiger partial charge in [-0.15, -0.1) is 0 Å². The number of benzene rings is 1. The fraction of sp³-hybridized carbons (Fsp3) is 0.920. The Morgan fingerprint density at radius 2 is 0.581 bits per heavy atom. The van der Waals surface area contributed by atoms with E-state index in [1.165, 1.54) is 304 Å². The van der Waals surface area contributed by atoms with Gasteiger partial charge in [0, 0.05) is 85.3 Å². The molecule has 1 aliphatic carbocycles. The molecule has 2 amide bonds. The van der Waals surface area contributed by atoms with Crippen LogP contribution in [0.1, 0.15) is 553 Å². The molecular formula is C112H241N3O7S2. The number of hydrogen-bond donors (Lipinski definition) is 2. The molecule has 10 nitrogen and oxygen atoms in total. The third-order valence-electron chi connectivity index (χ3n) is 19.1. The molecule has 0 aliphatic heterocycles. The number of aliphatic imine (C=N–C) groups is 1. The minimum Gasteiger partial charge on any atom is -0.382 e. The molecule has 0 aromatic heterocycles. The first kappa shape index (κ1) is 151. The van der Waals surface area contributed by atoms with E-state index in [0.717, 1.165) is 168 Å². The molecule has 12 heteroatoms. The summed E-state index contributed by atoms with van der Waals surface area (Å²) in [6.45, 7) is 71.7. The normalized spacial score (nSPS) is 11.7. The minimum absolute atomic E-state index is 0. The molecule has 1 aromatic carbocycles. The van der Waals surface area contributed by atoms with Crippen molar-refractivity contribution in [1.29, 1.82) is 0 Å². The van der Waals surface area contributed by atoms with Crippen LogP contribution in [-0.2, 0) is 46.1 Å². The summed E-state index contributed by atoms with van der Waals surface area (Å²) in [5.74, 6) is 7.77. The average Bonchev–Trinajstić information content (AvgIpc) is 0.926. The van der Waals surface area contributed by atoms with Crippen LogP contribution in [-0.4, -0.2) is 127 Å². The maximum atomic E-state index is 11.0. The molecule has 124 heavy (non-hydrogen) atoms. The topological polar surface area (TPSA) is 117 Å². The number of carbonyl (C=O) groups excluding carboxylic acids is 2. The van der Waals surface area contributed by atoms with Gasteiger partial charge in [-0.05, 0) is 170 Å². The van der Waals surface area contributed by atoms with Crippen LogP contribution in [0.5, 0.6) is 0 Å². The molecule has 0 atom stereocenters. The van der Waals surface area contributed by atoms with E-state index in [9.17, 15) is 9.59 Å². The lowest BCUT2D eigenvalue weighted by molar-refractivity contribution is -0.121. The van der Waals surface area contributed by atoms with Crippen LogP contribution in [0.25, 0.3) is 0 Å². The van der Waals surface area contributed by atoms with Crippen LogP contribution in [0.4, 0.5) is 0 Å². The lowest BCUT2D eigenvalue weighted by Gasteiger charge is -2.27. The molecule has 0 bridgehead atoms. The van der Waals surface area contributed by atoms with Gasteiger partial charge in [0.2, 0.25) is 11.8 Å². The SMILES string of the molecule is C.CCC=NCC.CCCC1CCC(CCC)CC1.CCCCCCCCCC.CCCCCCCCCC.CCCCCCCCCC.CCCCCCCNC(=O)CCC.CCCCNC(=O)CCC.CCCOCC.CCCOCCC.CCCOCCOCCC.CCCSCCC.CCCc1ccc(CCC)cc1.CCOCC.CCSCC. The Kier molecular flexibility index (Phi) is 200. The second kappa shape index (κ2) is 165. The standard InChI is InChI=1S/C12H24.C12H18.C11H23NO.3C10H22.C8H17NO.C8H18O2.C6H14O.C6H14S.C5H11N.C5H12O.C4H10O.C4H10S.CH4/c2*1-3-5-11-7-9-12(6-4-2)10-8-11;1-3-5-6-7-8-10-12-11(13)9-4-2;3*1-3-5-7-9-10-8-6-4-2;1-3-5-7-9-8(10)6-4-2;1-3-5-9-7-8-10-6-4-2;2*1-3-5-7-6-4-2;2*1-3-5-6-4-2;2*1-3-5-4-2;/h11-12H,3-10H2,1-2H3;7-10H,3-6H2,1-2H3;3-10H2,1-2H3,(H,12,13);3*3-10H2,1-2H3;3-7H2,1-2H3,(H,9,10);3-8H2,1-2H3;2*3-6H2,1-2H3;5H,3-4H2,1-2H3;3-5H2,1-2H3;2*3-4H2,1-2H3;1H4. The van der Waals surface area contributed by atoms with Crippen molar-refractivity contribution in [2.24, 2.45) is 16.8 Å². The van der Waals surface area contributed by atoms with E-state index in [1.54, 1.807) is 0 Å². The number of nitrogens with one attached hydrogen (secondary N) is 2. The summed E-state index contributed by atoms with van der Waals surface area (Å²) in [4.78, 5) is 25.8. The summed E-state index contributed by atoms with van der Waals surface area (Å²) in [5, 5.41) is 5.77. The van der Waals surface area contributed by atoms with E-state index in [0.29, 0.717) is 12.8 Å². The number of rotatable bonds is 66. The Balaban J connectivity index is -0.0000000981. The summed E-state index contributed by atoms with van der Waals surface area (Å²) in [6.07, 6.45) is 74.2. The summed E-state index contributed by atoms with van der Waals surface area (Å²) >= 11 is 4.02. The summed E-state index contributed by atoms with van der Waals surface area (Å²) in [6, 6.07) is 9.03. The van der Waals surface area contributed by atoms with Gasteiger partial charge in [-0.3, -0.25) is 14.6 Å². The zero-order valence-corrected chi connectivity index (χ0v) is 91.7. The van der Waals surface area contributed by atoms with Crippen molar-refractivity contribution in [2.75, 3.05) is 109 Å². The maximum absolute atomic E-state index is 11.0. The molecule has 1 aliphatic rings. The fourth-order valence-corrected chi connectivity index (χ4v) is 13.2. The number of thioether (sulfide) groups is 2. The number of carbonyl (C=O) groups is 2. The summed E-state index contributed by atoms with van der Waals surface area (Å²) < 4.78 is 25.4. The van der Waals surface area contributed by atoms with Crippen LogP contribution in [0.15, 0.2) is 29.3 Å². The van der Waals surface area contributed by atoms with Gasteiger partial charge in [0.25, 0.3) is 0 Å². The Morgan fingerprint density at radius 3 is 0.782 bits per heavy atom. The molecule has 1 saturated carbocycles. The molecule has 758 valence electrons. The van der Waals surface area contributed by atoms with Crippen LogP contribution in [0.2, 0.25) is 0 Å². The van der Waals surface area contributed by atoms with Crippen molar-refractivity contribution in [3.8, 4) is 0 Å². The van der Waals surface area contributed by atoms with E-state index < -0.39 is 0 Å². The van der Waals surface area contributed by atoms with Crippen LogP contribution < -0.4 is 10.6 Å². The zero-order valence-electron chi connectivity index (χ0n) is 90.1. The van der Waals surface area contributed by atoms with E-state index >= 15 is 0 Å². The third-order valence-corrected chi connectivity index (χ3v) is 21.3. The van der Waals surface area contributed by atoms with Gasteiger partial charge in [-0.1, -0.05) is 448 Å². The Morgan fingerprint density at radius 1 is 0.306 bits per heavy atom. The van der Waals surface area contributed by atoms with Crippen LogP contribution in [0.3, 0.4) is 0 Å². The molecule has 1 fully saturated rings. The molecule has 0 unspecified atom stereocenters. The van der Waals surface area contributed by atoms with Crippen molar-refractivity contribution < 1.29 is 33.3 Å². The summed E-state index contributed by atoms with van der Waals surface area (Å²) in [7, 11) is 0. The number of ether oxygens (including phenoxy) is 5. The molecule has 1 aromatic rings. The van der Waals surface area contributed by atoms with Gasteiger partial charge in [-0.25, -0.2) is 0 Å². The van der Waals surface area contributed by atoms with Crippen LogP contribution in [0, 0.1) is 11.8 Å². The zero-order chi connectivity index (χ0) is 95.0. The van der Waals surface area contributed by atoms with Crippen molar-refractivity contribution in [3.63, 3.8) is 0 Å². The third kappa shape index (κ3) is 189. The first-order chi connectivity index (χ1) is 60.0. The predicted molar refractivity (Wildman–Crippen MR) is 579 cm³/mol. The van der Waals surface area contributed by atoms with Gasteiger partial charge in [0.05, 0.1) is 13.2 Å². The monoisotopic (exact) mass is 1800 g/mol. The quantitative estimate of drug-likeness (QED) is 0.0486. The highest BCUT2D eigenvalue weighted by atomic mass is 32.2. The van der Waals surface area contributed by atoms with E-state index in [-0.39, 0.29) is 19.2 Å². The number of aryl methyl sites for hydroxylation is 2. The number of amides is 2. The molecule has 2 N–H and O–H groups in total. The van der Waals surface area contributed by atoms with Gasteiger partial charge in [0.1, 0.15) is 0 Å². The van der Waals surface area contributed by atoms with Crippen LogP contribution >= 0.6 is 23.5 Å². The Hall–Kier alpha value is -1.67. The van der Waals surface area contributed by atoms with Crippen molar-refractivity contribution >= 4 is 41.6 Å². The Labute approximate surface area is 795 Å². The highest BCUT2D eigenvalue weighted by molar-refractivity contribution is 7.99. The highest BCUT2D eigenvalue weighted by Crippen LogP contribution is 2.33. The van der Waals surface area contributed by atoms with Gasteiger partial charge >= 0.3 is 0 Å². The first-order valence-electron chi connectivity index (χ1n) is 54.1. The average molecular weight is 1810 g/mol. The Bertz CT molecular complexity index is 1600. The number of hydrogen-bond acceptors (Lipinski definition) is 10.